The van der Waals surface area contributed by atoms with Crippen molar-refractivity contribution in [3.05, 3.63) is 46.4 Å². The third-order valence-electron chi connectivity index (χ3n) is 2.37. The van der Waals surface area contributed by atoms with Crippen LogP contribution < -0.4 is 10.6 Å². The fourth-order valence-corrected chi connectivity index (χ4v) is 2.33. The maximum absolute atomic E-state index is 13.4. The van der Waals surface area contributed by atoms with Crippen molar-refractivity contribution in [2.75, 3.05) is 10.6 Å². The van der Waals surface area contributed by atoms with E-state index >= 15 is 0 Å². The predicted molar refractivity (Wildman–Crippen MR) is 72.3 cm³/mol. The normalized spacial score (nSPS) is 10.1. The standard InChI is InChI=1S/C13H13FN2OS/c1-9(17)16-12-6-7-18-13(12)8-15-11-5-3-2-4-10(11)14/h2-7,15H,8H2,1H3,(H,16,17). The van der Waals surface area contributed by atoms with Gasteiger partial charge in [-0.05, 0) is 23.6 Å². The van der Waals surface area contributed by atoms with E-state index in [2.05, 4.69) is 10.6 Å². The third kappa shape index (κ3) is 3.07. The van der Waals surface area contributed by atoms with Crippen LogP contribution in [-0.4, -0.2) is 5.91 Å². The molecule has 0 bridgehead atoms. The molecule has 2 aromatic rings. The maximum atomic E-state index is 13.4. The molecule has 0 aliphatic heterocycles. The highest BCUT2D eigenvalue weighted by Crippen LogP contribution is 2.24. The van der Waals surface area contributed by atoms with Crippen LogP contribution in [0.2, 0.25) is 0 Å². The summed E-state index contributed by atoms with van der Waals surface area (Å²) in [4.78, 5) is 12.0. The number of benzene rings is 1. The number of carbonyl (C=O) groups excluding carboxylic acids is 1. The Labute approximate surface area is 109 Å². The number of carbonyl (C=O) groups is 1. The van der Waals surface area contributed by atoms with Gasteiger partial charge < -0.3 is 10.6 Å². The van der Waals surface area contributed by atoms with E-state index in [1.165, 1.54) is 24.3 Å². The zero-order chi connectivity index (χ0) is 13.0. The molecule has 0 aliphatic rings. The minimum Gasteiger partial charge on any atom is -0.378 e. The van der Waals surface area contributed by atoms with Crippen molar-refractivity contribution in [3.63, 3.8) is 0 Å². The smallest absolute Gasteiger partial charge is 0.221 e. The zero-order valence-electron chi connectivity index (χ0n) is 9.87. The van der Waals surface area contributed by atoms with Crippen LogP contribution in [-0.2, 0) is 11.3 Å². The topological polar surface area (TPSA) is 41.1 Å². The Bertz CT molecular complexity index is 553. The SMILES string of the molecule is CC(=O)Nc1ccsc1CNc1ccccc1F. The number of rotatable bonds is 4. The number of amides is 1. The Morgan fingerprint density at radius 2 is 2.06 bits per heavy atom. The molecule has 5 heteroatoms. The Balaban J connectivity index is 2.05. The Morgan fingerprint density at radius 3 is 2.78 bits per heavy atom. The first-order chi connectivity index (χ1) is 8.66. The van der Waals surface area contributed by atoms with Crippen LogP contribution >= 0.6 is 11.3 Å². The second-order valence-electron chi connectivity index (χ2n) is 3.77. The molecule has 0 saturated heterocycles. The van der Waals surface area contributed by atoms with Crippen LogP contribution in [0.4, 0.5) is 15.8 Å². The van der Waals surface area contributed by atoms with E-state index in [4.69, 9.17) is 0 Å². The number of hydrogen-bond acceptors (Lipinski definition) is 3. The molecule has 1 heterocycles. The zero-order valence-corrected chi connectivity index (χ0v) is 10.7. The molecule has 2 N–H and O–H groups in total. The molecule has 1 aromatic carbocycles. The fourth-order valence-electron chi connectivity index (χ4n) is 1.56. The summed E-state index contributed by atoms with van der Waals surface area (Å²) in [6.07, 6.45) is 0. The average molecular weight is 264 g/mol. The van der Waals surface area contributed by atoms with Gasteiger partial charge in [-0.15, -0.1) is 11.3 Å². The van der Waals surface area contributed by atoms with E-state index in [0.717, 1.165) is 10.6 Å². The summed E-state index contributed by atoms with van der Waals surface area (Å²) in [6.45, 7) is 1.94. The average Bonchev–Trinajstić information content (AvgIpc) is 2.75. The highest BCUT2D eigenvalue weighted by Gasteiger charge is 2.06. The quantitative estimate of drug-likeness (QED) is 0.888. The minimum absolute atomic E-state index is 0.111. The van der Waals surface area contributed by atoms with E-state index in [1.807, 2.05) is 11.4 Å². The molecular weight excluding hydrogens is 251 g/mol. The van der Waals surface area contributed by atoms with Gasteiger partial charge in [0.1, 0.15) is 5.82 Å². The van der Waals surface area contributed by atoms with Crippen LogP contribution in [0.5, 0.6) is 0 Å². The van der Waals surface area contributed by atoms with Gasteiger partial charge in [0.25, 0.3) is 0 Å². The molecule has 1 amide bonds. The van der Waals surface area contributed by atoms with Crippen molar-refractivity contribution < 1.29 is 9.18 Å². The van der Waals surface area contributed by atoms with E-state index in [0.29, 0.717) is 12.2 Å². The van der Waals surface area contributed by atoms with Crippen LogP contribution in [0.15, 0.2) is 35.7 Å². The highest BCUT2D eigenvalue weighted by atomic mass is 32.1. The molecule has 0 fully saturated rings. The summed E-state index contributed by atoms with van der Waals surface area (Å²) >= 11 is 1.52. The Morgan fingerprint density at radius 1 is 1.28 bits per heavy atom. The van der Waals surface area contributed by atoms with Gasteiger partial charge in [-0.25, -0.2) is 4.39 Å². The van der Waals surface area contributed by atoms with Crippen molar-refractivity contribution in [1.82, 2.24) is 0 Å². The third-order valence-corrected chi connectivity index (χ3v) is 3.29. The Hall–Kier alpha value is -1.88. The van der Waals surface area contributed by atoms with Gasteiger partial charge in [0.2, 0.25) is 5.91 Å². The number of nitrogens with one attached hydrogen (secondary N) is 2. The summed E-state index contributed by atoms with van der Waals surface area (Å²) in [6, 6.07) is 8.35. The molecule has 2 rings (SSSR count). The lowest BCUT2D eigenvalue weighted by Gasteiger charge is -2.08. The molecule has 3 nitrogen and oxygen atoms in total. The van der Waals surface area contributed by atoms with E-state index in [-0.39, 0.29) is 11.7 Å². The van der Waals surface area contributed by atoms with E-state index < -0.39 is 0 Å². The lowest BCUT2D eigenvalue weighted by Crippen LogP contribution is -2.08. The molecule has 0 spiro atoms. The van der Waals surface area contributed by atoms with Crippen LogP contribution in [0.25, 0.3) is 0 Å². The second-order valence-corrected chi connectivity index (χ2v) is 4.77. The minimum atomic E-state index is -0.282. The van der Waals surface area contributed by atoms with Gasteiger partial charge in [-0.2, -0.15) is 0 Å². The van der Waals surface area contributed by atoms with Crippen molar-refractivity contribution in [2.24, 2.45) is 0 Å². The van der Waals surface area contributed by atoms with Crippen molar-refractivity contribution in [3.8, 4) is 0 Å². The number of anilines is 2. The van der Waals surface area contributed by atoms with Gasteiger partial charge in [0.15, 0.2) is 0 Å². The highest BCUT2D eigenvalue weighted by molar-refractivity contribution is 7.10. The van der Waals surface area contributed by atoms with Gasteiger partial charge in [0, 0.05) is 11.8 Å². The number of thiophene rings is 1. The van der Waals surface area contributed by atoms with Gasteiger partial charge in [0.05, 0.1) is 17.9 Å². The lowest BCUT2D eigenvalue weighted by atomic mass is 10.3. The summed E-state index contributed by atoms with van der Waals surface area (Å²) in [5.41, 5.74) is 1.23. The van der Waals surface area contributed by atoms with Crippen molar-refractivity contribution in [1.29, 1.82) is 0 Å². The van der Waals surface area contributed by atoms with Crippen molar-refractivity contribution in [2.45, 2.75) is 13.5 Å². The fraction of sp³-hybridized carbons (Fsp3) is 0.154. The molecule has 0 aliphatic carbocycles. The maximum Gasteiger partial charge on any atom is 0.221 e. The molecule has 0 unspecified atom stereocenters. The first-order valence-corrected chi connectivity index (χ1v) is 6.37. The monoisotopic (exact) mass is 264 g/mol. The second kappa shape index (κ2) is 5.64. The molecule has 1 aromatic heterocycles. The van der Waals surface area contributed by atoms with Gasteiger partial charge in [-0.1, -0.05) is 12.1 Å². The number of hydrogen-bond donors (Lipinski definition) is 2. The lowest BCUT2D eigenvalue weighted by molar-refractivity contribution is -0.114. The van der Waals surface area contributed by atoms with Crippen molar-refractivity contribution >= 4 is 28.6 Å². The largest absolute Gasteiger partial charge is 0.378 e. The molecule has 0 saturated carbocycles. The molecular formula is C13H13FN2OS. The van der Waals surface area contributed by atoms with Gasteiger partial charge >= 0.3 is 0 Å². The molecule has 94 valence electrons. The Kier molecular flexibility index (Phi) is 3.94. The summed E-state index contributed by atoms with van der Waals surface area (Å²) in [5, 5.41) is 7.65. The number of para-hydroxylation sites is 1. The van der Waals surface area contributed by atoms with E-state index in [1.54, 1.807) is 18.2 Å². The summed E-state index contributed by atoms with van der Waals surface area (Å²) < 4.78 is 13.4. The summed E-state index contributed by atoms with van der Waals surface area (Å²) in [5.74, 6) is -0.393. The van der Waals surface area contributed by atoms with Crippen LogP contribution in [0.1, 0.15) is 11.8 Å². The molecule has 18 heavy (non-hydrogen) atoms. The first kappa shape index (κ1) is 12.6. The first-order valence-electron chi connectivity index (χ1n) is 5.49. The molecule has 0 radical (unpaired) electrons. The molecule has 0 atom stereocenters. The summed E-state index contributed by atoms with van der Waals surface area (Å²) in [7, 11) is 0. The predicted octanol–water partition coefficient (Wildman–Crippen LogP) is 3.46. The number of halogens is 1. The van der Waals surface area contributed by atoms with E-state index in [9.17, 15) is 9.18 Å². The van der Waals surface area contributed by atoms with Crippen LogP contribution in [0.3, 0.4) is 0 Å². The van der Waals surface area contributed by atoms with Gasteiger partial charge in [-0.3, -0.25) is 4.79 Å². The van der Waals surface area contributed by atoms with Crippen LogP contribution in [0, 0.1) is 5.82 Å².